The highest BCUT2D eigenvalue weighted by Crippen LogP contribution is 2.33. The van der Waals surface area contributed by atoms with Gasteiger partial charge in [0.25, 0.3) is 0 Å². The number of nitrogens with one attached hydrogen (secondary N) is 1. The van der Waals surface area contributed by atoms with E-state index < -0.39 is 0 Å². The summed E-state index contributed by atoms with van der Waals surface area (Å²) in [4.78, 5) is 16.3. The minimum absolute atomic E-state index is 0.119. The molecule has 0 aliphatic rings. The summed E-state index contributed by atoms with van der Waals surface area (Å²) in [7, 11) is 3.20. The van der Waals surface area contributed by atoms with Crippen LogP contribution in [0.25, 0.3) is 16.7 Å². The van der Waals surface area contributed by atoms with Gasteiger partial charge in [0.05, 0.1) is 31.9 Å². The highest BCUT2D eigenvalue weighted by atomic mass is 16.5. The highest BCUT2D eigenvalue weighted by Gasteiger charge is 2.16. The van der Waals surface area contributed by atoms with Crippen LogP contribution in [0.15, 0.2) is 12.1 Å². The van der Waals surface area contributed by atoms with E-state index in [1.54, 1.807) is 14.2 Å². The van der Waals surface area contributed by atoms with Gasteiger partial charge in [0.15, 0.2) is 17.3 Å². The van der Waals surface area contributed by atoms with E-state index in [4.69, 9.17) is 19.2 Å². The first-order chi connectivity index (χ1) is 14.6. The molecule has 0 saturated carbocycles. The Morgan fingerprint density at radius 3 is 2.60 bits per heavy atom. The summed E-state index contributed by atoms with van der Waals surface area (Å²) in [5, 5.41) is 11.9. The zero-order chi connectivity index (χ0) is 21.5. The standard InChI is InChI=1S/C21H29N5O4/c1-5-11-30-19(27)9-7-6-8-10-22-20-21-25-24-14(2)26(21)16-13-18(29-4)17(28-3)12-15(16)23-20/h12-13H,5-11H2,1-4H3,(H,22,23). The van der Waals surface area contributed by atoms with Gasteiger partial charge in [-0.1, -0.05) is 13.3 Å². The molecule has 9 nitrogen and oxygen atoms in total. The number of rotatable bonds is 11. The number of ether oxygens (including phenoxy) is 3. The van der Waals surface area contributed by atoms with Crippen molar-refractivity contribution in [3.05, 3.63) is 18.0 Å². The summed E-state index contributed by atoms with van der Waals surface area (Å²) in [5.41, 5.74) is 2.26. The fraction of sp³-hybridized carbons (Fsp3) is 0.524. The molecule has 0 bridgehead atoms. The number of methoxy groups -OCH3 is 2. The van der Waals surface area contributed by atoms with Gasteiger partial charge >= 0.3 is 5.97 Å². The van der Waals surface area contributed by atoms with Crippen LogP contribution in [0.1, 0.15) is 44.9 Å². The van der Waals surface area contributed by atoms with E-state index >= 15 is 0 Å². The van der Waals surface area contributed by atoms with Crippen molar-refractivity contribution < 1.29 is 19.0 Å². The number of aryl methyl sites for hydroxylation is 1. The van der Waals surface area contributed by atoms with Gasteiger partial charge in [0.1, 0.15) is 5.82 Å². The van der Waals surface area contributed by atoms with E-state index in [-0.39, 0.29) is 5.97 Å². The van der Waals surface area contributed by atoms with Gasteiger partial charge in [0.2, 0.25) is 5.65 Å². The van der Waals surface area contributed by atoms with Gasteiger partial charge in [-0.2, -0.15) is 0 Å². The van der Waals surface area contributed by atoms with Crippen molar-refractivity contribution >= 4 is 28.5 Å². The number of nitrogens with zero attached hydrogens (tertiary/aromatic N) is 4. The maximum atomic E-state index is 11.5. The molecule has 1 N–H and O–H groups in total. The second-order valence-electron chi connectivity index (χ2n) is 7.02. The molecule has 0 amide bonds. The Labute approximate surface area is 175 Å². The van der Waals surface area contributed by atoms with Crippen LogP contribution in [0.2, 0.25) is 0 Å². The number of carbonyl (C=O) groups excluding carboxylic acids is 1. The molecule has 0 atom stereocenters. The van der Waals surface area contributed by atoms with Gasteiger partial charge in [-0.25, -0.2) is 4.98 Å². The van der Waals surface area contributed by atoms with Gasteiger partial charge in [-0.3, -0.25) is 9.20 Å². The third kappa shape index (κ3) is 4.72. The summed E-state index contributed by atoms with van der Waals surface area (Å²) in [6.45, 7) is 5.10. The number of hydrogen-bond donors (Lipinski definition) is 1. The molecule has 0 saturated heterocycles. The number of benzene rings is 1. The third-order valence-corrected chi connectivity index (χ3v) is 4.81. The lowest BCUT2D eigenvalue weighted by Gasteiger charge is -2.13. The third-order valence-electron chi connectivity index (χ3n) is 4.81. The zero-order valence-corrected chi connectivity index (χ0v) is 18.0. The predicted octanol–water partition coefficient (Wildman–Crippen LogP) is 3.53. The molecule has 0 aliphatic carbocycles. The first-order valence-corrected chi connectivity index (χ1v) is 10.3. The highest BCUT2D eigenvalue weighted by molar-refractivity contribution is 5.85. The van der Waals surface area contributed by atoms with E-state index in [2.05, 4.69) is 15.5 Å². The SMILES string of the molecule is CCCOC(=O)CCCCCNc1nc2cc(OC)c(OC)cc2n2c(C)nnc12. The molecule has 1 aromatic carbocycles. The monoisotopic (exact) mass is 415 g/mol. The lowest BCUT2D eigenvalue weighted by molar-refractivity contribution is -0.143. The van der Waals surface area contributed by atoms with Crippen molar-refractivity contribution in [2.75, 3.05) is 32.7 Å². The molecule has 9 heteroatoms. The summed E-state index contributed by atoms with van der Waals surface area (Å²) in [6.07, 6.45) is 3.96. The topological polar surface area (TPSA) is 99.9 Å². The molecule has 0 aliphatic heterocycles. The van der Waals surface area contributed by atoms with E-state index in [1.807, 2.05) is 30.4 Å². The Morgan fingerprint density at radius 1 is 1.10 bits per heavy atom. The molecule has 0 unspecified atom stereocenters. The Hall–Kier alpha value is -3.10. The van der Waals surface area contributed by atoms with Crippen LogP contribution in [-0.4, -0.2) is 52.9 Å². The lowest BCUT2D eigenvalue weighted by atomic mass is 10.2. The average molecular weight is 415 g/mol. The molecule has 162 valence electrons. The van der Waals surface area contributed by atoms with Gasteiger partial charge in [-0.05, 0) is 26.2 Å². The van der Waals surface area contributed by atoms with Crippen LogP contribution in [0.3, 0.4) is 0 Å². The Kier molecular flexibility index (Phi) is 7.26. The zero-order valence-electron chi connectivity index (χ0n) is 18.0. The largest absolute Gasteiger partial charge is 0.493 e. The minimum atomic E-state index is -0.119. The Balaban J connectivity index is 1.70. The molecular formula is C21H29N5O4. The van der Waals surface area contributed by atoms with Gasteiger partial charge in [0, 0.05) is 25.1 Å². The average Bonchev–Trinajstić information content (AvgIpc) is 3.15. The van der Waals surface area contributed by atoms with E-state index in [1.165, 1.54) is 0 Å². The van der Waals surface area contributed by atoms with Crippen molar-refractivity contribution in [2.24, 2.45) is 0 Å². The van der Waals surface area contributed by atoms with Crippen molar-refractivity contribution in [1.82, 2.24) is 19.6 Å². The van der Waals surface area contributed by atoms with Crippen molar-refractivity contribution in [3.8, 4) is 11.5 Å². The number of anilines is 1. The predicted molar refractivity (Wildman–Crippen MR) is 114 cm³/mol. The quantitative estimate of drug-likeness (QED) is 0.375. The van der Waals surface area contributed by atoms with Crippen LogP contribution in [0.5, 0.6) is 11.5 Å². The minimum Gasteiger partial charge on any atom is -0.493 e. The number of unbranched alkanes of at least 4 members (excludes halogenated alkanes) is 2. The summed E-state index contributed by atoms with van der Waals surface area (Å²) < 4.78 is 17.9. The normalized spacial score (nSPS) is 11.1. The van der Waals surface area contributed by atoms with Crippen molar-refractivity contribution in [3.63, 3.8) is 0 Å². The fourth-order valence-corrected chi connectivity index (χ4v) is 3.29. The first-order valence-electron chi connectivity index (χ1n) is 10.3. The Bertz CT molecular complexity index is 1020. The molecule has 0 fully saturated rings. The second-order valence-corrected chi connectivity index (χ2v) is 7.02. The maximum Gasteiger partial charge on any atom is 0.305 e. The van der Waals surface area contributed by atoms with Crippen molar-refractivity contribution in [2.45, 2.75) is 46.0 Å². The molecule has 2 aromatic heterocycles. The van der Waals surface area contributed by atoms with Crippen LogP contribution >= 0.6 is 0 Å². The van der Waals surface area contributed by atoms with Crippen LogP contribution in [-0.2, 0) is 9.53 Å². The summed E-state index contributed by atoms with van der Waals surface area (Å²) in [6, 6.07) is 3.73. The maximum absolute atomic E-state index is 11.5. The molecule has 3 aromatic rings. The lowest BCUT2D eigenvalue weighted by Crippen LogP contribution is -2.08. The van der Waals surface area contributed by atoms with Gasteiger partial charge in [-0.15, -0.1) is 10.2 Å². The number of fused-ring (bicyclic) bond motifs is 3. The van der Waals surface area contributed by atoms with E-state index in [9.17, 15) is 4.79 Å². The Morgan fingerprint density at radius 2 is 1.87 bits per heavy atom. The molecule has 0 spiro atoms. The molecular weight excluding hydrogens is 386 g/mol. The van der Waals surface area contributed by atoms with Crippen LogP contribution < -0.4 is 14.8 Å². The van der Waals surface area contributed by atoms with E-state index in [0.717, 1.165) is 49.1 Å². The second kappa shape index (κ2) is 10.1. The van der Waals surface area contributed by atoms with Crippen molar-refractivity contribution in [1.29, 1.82) is 0 Å². The number of esters is 1. The van der Waals surface area contributed by atoms with E-state index in [0.29, 0.717) is 36.0 Å². The van der Waals surface area contributed by atoms with Gasteiger partial charge < -0.3 is 19.5 Å². The number of carbonyl (C=O) groups is 1. The molecule has 2 heterocycles. The summed E-state index contributed by atoms with van der Waals surface area (Å²) in [5.74, 6) is 2.55. The molecule has 30 heavy (non-hydrogen) atoms. The molecule has 0 radical (unpaired) electrons. The number of aromatic nitrogens is 4. The molecule has 3 rings (SSSR count). The van der Waals surface area contributed by atoms with Crippen LogP contribution in [0, 0.1) is 6.92 Å². The van der Waals surface area contributed by atoms with Crippen LogP contribution in [0.4, 0.5) is 5.82 Å². The first kappa shape index (κ1) is 21.6. The summed E-state index contributed by atoms with van der Waals surface area (Å²) >= 11 is 0. The fourth-order valence-electron chi connectivity index (χ4n) is 3.29. The smallest absolute Gasteiger partial charge is 0.305 e. The number of hydrogen-bond acceptors (Lipinski definition) is 8.